The van der Waals surface area contributed by atoms with Gasteiger partial charge in [-0.15, -0.1) is 0 Å². The van der Waals surface area contributed by atoms with Crippen LogP contribution in [0.2, 0.25) is 0 Å². The molecule has 0 aromatic carbocycles. The smallest absolute Gasteiger partial charge is 0.0988 e. The Morgan fingerprint density at radius 1 is 1.60 bits per heavy atom. The minimum atomic E-state index is -0.724. The van der Waals surface area contributed by atoms with Gasteiger partial charge in [-0.2, -0.15) is 0 Å². The van der Waals surface area contributed by atoms with Crippen molar-refractivity contribution in [2.24, 2.45) is 0 Å². The minimum Gasteiger partial charge on any atom is -0.0988 e. The first-order valence-electron chi connectivity index (χ1n) is 3.03. The molecular weight excluding hydrogens is 167 g/mol. The van der Waals surface area contributed by atoms with Crippen molar-refractivity contribution in [1.29, 1.82) is 0 Å². The van der Waals surface area contributed by atoms with Crippen molar-refractivity contribution >= 4 is 23.2 Å². The standard InChI is InChI=1S/C8H8Cl2/c1-2-7-4-3-5-8(9,10)6-7/h2-5H,1,6H2. The highest BCUT2D eigenvalue weighted by molar-refractivity contribution is 6.50. The first kappa shape index (κ1) is 7.90. The lowest BCUT2D eigenvalue weighted by molar-refractivity contribution is 0.925. The molecule has 0 amide bonds. The van der Waals surface area contributed by atoms with E-state index in [1.165, 1.54) is 0 Å². The summed E-state index contributed by atoms with van der Waals surface area (Å²) in [7, 11) is 0. The Morgan fingerprint density at radius 2 is 2.30 bits per heavy atom. The van der Waals surface area contributed by atoms with E-state index in [0.29, 0.717) is 6.42 Å². The Labute approximate surface area is 70.8 Å². The van der Waals surface area contributed by atoms with Gasteiger partial charge < -0.3 is 0 Å². The van der Waals surface area contributed by atoms with Gasteiger partial charge in [-0.3, -0.25) is 0 Å². The summed E-state index contributed by atoms with van der Waals surface area (Å²) in [6, 6.07) is 0. The number of rotatable bonds is 1. The topological polar surface area (TPSA) is 0 Å². The monoisotopic (exact) mass is 174 g/mol. The van der Waals surface area contributed by atoms with E-state index >= 15 is 0 Å². The van der Waals surface area contributed by atoms with Crippen LogP contribution in [0.5, 0.6) is 0 Å². The molecule has 0 aromatic rings. The average molecular weight is 175 g/mol. The maximum atomic E-state index is 5.84. The quantitative estimate of drug-likeness (QED) is 0.536. The molecule has 0 bridgehead atoms. The molecule has 2 heteroatoms. The van der Waals surface area contributed by atoms with Crippen LogP contribution in [0.4, 0.5) is 0 Å². The van der Waals surface area contributed by atoms with Crippen molar-refractivity contribution in [3.63, 3.8) is 0 Å². The molecule has 0 radical (unpaired) electrons. The fourth-order valence-electron chi connectivity index (χ4n) is 0.843. The van der Waals surface area contributed by atoms with Crippen molar-refractivity contribution in [3.8, 4) is 0 Å². The number of alkyl halides is 2. The van der Waals surface area contributed by atoms with Gasteiger partial charge in [0.15, 0.2) is 0 Å². The molecule has 54 valence electrons. The summed E-state index contributed by atoms with van der Waals surface area (Å²) < 4.78 is -0.724. The molecule has 10 heavy (non-hydrogen) atoms. The molecule has 0 unspecified atom stereocenters. The molecular formula is C8H8Cl2. The summed E-state index contributed by atoms with van der Waals surface area (Å²) >= 11 is 11.7. The van der Waals surface area contributed by atoms with E-state index in [9.17, 15) is 0 Å². The summed E-state index contributed by atoms with van der Waals surface area (Å²) in [5, 5.41) is 0. The second-order valence-electron chi connectivity index (χ2n) is 2.24. The molecule has 0 nitrogen and oxygen atoms in total. The van der Waals surface area contributed by atoms with Gasteiger partial charge >= 0.3 is 0 Å². The van der Waals surface area contributed by atoms with E-state index in [-0.39, 0.29) is 0 Å². The third-order valence-electron chi connectivity index (χ3n) is 1.35. The number of allylic oxidation sites excluding steroid dienone is 5. The summed E-state index contributed by atoms with van der Waals surface area (Å²) in [6.45, 7) is 3.63. The molecule has 0 spiro atoms. The van der Waals surface area contributed by atoms with Crippen molar-refractivity contribution in [1.82, 2.24) is 0 Å². The normalized spacial score (nSPS) is 22.0. The maximum Gasteiger partial charge on any atom is 0.140 e. The molecule has 0 N–H and O–H groups in total. The molecule has 0 fully saturated rings. The molecule has 0 aromatic heterocycles. The fourth-order valence-corrected chi connectivity index (χ4v) is 1.30. The van der Waals surface area contributed by atoms with E-state index in [4.69, 9.17) is 23.2 Å². The highest BCUT2D eigenvalue weighted by atomic mass is 35.5. The largest absolute Gasteiger partial charge is 0.140 e. The summed E-state index contributed by atoms with van der Waals surface area (Å²) in [5.41, 5.74) is 1.08. The van der Waals surface area contributed by atoms with Crippen LogP contribution in [0.3, 0.4) is 0 Å². The van der Waals surface area contributed by atoms with Crippen molar-refractivity contribution < 1.29 is 0 Å². The van der Waals surface area contributed by atoms with Crippen molar-refractivity contribution in [3.05, 3.63) is 36.5 Å². The first-order chi connectivity index (χ1) is 4.64. The lowest BCUT2D eigenvalue weighted by Gasteiger charge is -2.18. The average Bonchev–Trinajstić information content (AvgIpc) is 1.86. The van der Waals surface area contributed by atoms with Gasteiger partial charge in [0.05, 0.1) is 0 Å². The van der Waals surface area contributed by atoms with E-state index in [1.807, 2.05) is 12.2 Å². The Morgan fingerprint density at radius 3 is 2.70 bits per heavy atom. The third kappa shape index (κ3) is 1.89. The fraction of sp³-hybridized carbons (Fsp3) is 0.250. The molecule has 0 saturated carbocycles. The predicted molar refractivity (Wildman–Crippen MR) is 46.5 cm³/mol. The highest BCUT2D eigenvalue weighted by Crippen LogP contribution is 2.33. The van der Waals surface area contributed by atoms with Gasteiger partial charge in [0, 0.05) is 6.42 Å². The zero-order valence-electron chi connectivity index (χ0n) is 5.48. The first-order valence-corrected chi connectivity index (χ1v) is 3.78. The molecule has 0 atom stereocenters. The molecule has 0 aliphatic heterocycles. The highest BCUT2D eigenvalue weighted by Gasteiger charge is 2.22. The van der Waals surface area contributed by atoms with Crippen LogP contribution in [0.15, 0.2) is 36.5 Å². The zero-order valence-corrected chi connectivity index (χ0v) is 6.99. The molecule has 0 saturated heterocycles. The Balaban J connectivity index is 2.77. The van der Waals surface area contributed by atoms with Crippen molar-refractivity contribution in [2.75, 3.05) is 0 Å². The number of halogens is 2. The van der Waals surface area contributed by atoms with Crippen LogP contribution in [-0.4, -0.2) is 4.33 Å². The number of hydrogen-bond acceptors (Lipinski definition) is 0. The number of hydrogen-bond donors (Lipinski definition) is 0. The SMILES string of the molecule is C=CC1=CC=CC(Cl)(Cl)C1. The second-order valence-corrected chi connectivity index (χ2v) is 3.79. The van der Waals surface area contributed by atoms with Crippen LogP contribution in [0.1, 0.15) is 6.42 Å². The van der Waals surface area contributed by atoms with Crippen LogP contribution in [-0.2, 0) is 0 Å². The Hall–Kier alpha value is -0.200. The lowest BCUT2D eigenvalue weighted by atomic mass is 10.0. The van der Waals surface area contributed by atoms with E-state index in [1.54, 1.807) is 12.2 Å². The lowest BCUT2D eigenvalue weighted by Crippen LogP contribution is -2.11. The van der Waals surface area contributed by atoms with Gasteiger partial charge in [0.1, 0.15) is 4.33 Å². The van der Waals surface area contributed by atoms with Crippen LogP contribution < -0.4 is 0 Å². The van der Waals surface area contributed by atoms with Gasteiger partial charge in [-0.05, 0) is 11.6 Å². The van der Waals surface area contributed by atoms with Crippen LogP contribution >= 0.6 is 23.2 Å². The maximum absolute atomic E-state index is 5.84. The summed E-state index contributed by atoms with van der Waals surface area (Å²) in [6.07, 6.45) is 7.98. The van der Waals surface area contributed by atoms with Gasteiger partial charge in [-0.25, -0.2) is 0 Å². The van der Waals surface area contributed by atoms with Crippen LogP contribution in [0, 0.1) is 0 Å². The van der Waals surface area contributed by atoms with E-state index in [2.05, 4.69) is 6.58 Å². The van der Waals surface area contributed by atoms with E-state index < -0.39 is 4.33 Å². The van der Waals surface area contributed by atoms with Crippen molar-refractivity contribution in [2.45, 2.75) is 10.8 Å². The summed E-state index contributed by atoms with van der Waals surface area (Å²) in [4.78, 5) is 0. The Bertz CT molecular complexity index is 199. The Kier molecular flexibility index (Phi) is 2.22. The minimum absolute atomic E-state index is 0.649. The zero-order chi connectivity index (χ0) is 7.61. The van der Waals surface area contributed by atoms with Crippen LogP contribution in [0.25, 0.3) is 0 Å². The molecule has 0 heterocycles. The molecule has 1 rings (SSSR count). The summed E-state index contributed by atoms with van der Waals surface area (Å²) in [5.74, 6) is 0. The predicted octanol–water partition coefficient (Wildman–Crippen LogP) is 3.23. The molecule has 1 aliphatic rings. The van der Waals surface area contributed by atoms with Gasteiger partial charge in [0.25, 0.3) is 0 Å². The van der Waals surface area contributed by atoms with Gasteiger partial charge in [-0.1, -0.05) is 48.0 Å². The second kappa shape index (κ2) is 2.81. The third-order valence-corrected chi connectivity index (χ3v) is 1.87. The van der Waals surface area contributed by atoms with E-state index in [0.717, 1.165) is 5.57 Å². The van der Waals surface area contributed by atoms with Gasteiger partial charge in [0.2, 0.25) is 0 Å². The molecule has 1 aliphatic carbocycles.